The summed E-state index contributed by atoms with van der Waals surface area (Å²) in [5.41, 5.74) is 0.488. The molecule has 21 heavy (non-hydrogen) atoms. The summed E-state index contributed by atoms with van der Waals surface area (Å²) in [6.07, 6.45) is 5.02. The van der Waals surface area contributed by atoms with Gasteiger partial charge in [-0.2, -0.15) is 5.26 Å². The van der Waals surface area contributed by atoms with Crippen molar-refractivity contribution in [1.29, 1.82) is 5.26 Å². The monoisotopic (exact) mass is 304 g/mol. The van der Waals surface area contributed by atoms with Crippen molar-refractivity contribution in [1.82, 2.24) is 4.90 Å². The van der Waals surface area contributed by atoms with Crippen molar-refractivity contribution in [2.75, 3.05) is 18.8 Å². The molecule has 112 valence electrons. The van der Waals surface area contributed by atoms with E-state index >= 15 is 0 Å². The van der Waals surface area contributed by atoms with Crippen molar-refractivity contribution in [3.8, 4) is 6.07 Å². The lowest BCUT2D eigenvalue weighted by atomic mass is 10.2. The Kier molecular flexibility index (Phi) is 4.01. The highest BCUT2D eigenvalue weighted by Crippen LogP contribution is 2.34. The Bertz CT molecular complexity index is 638. The average molecular weight is 304 g/mol. The van der Waals surface area contributed by atoms with Gasteiger partial charge in [0.1, 0.15) is 0 Å². The number of hydrogen-bond donors (Lipinski definition) is 0. The lowest BCUT2D eigenvalue weighted by Gasteiger charge is -2.21. The third-order valence-corrected chi connectivity index (χ3v) is 5.95. The number of benzene rings is 1. The van der Waals surface area contributed by atoms with Gasteiger partial charge in [-0.25, -0.2) is 8.42 Å². The molecule has 0 unspecified atom stereocenters. The smallest absolute Gasteiger partial charge is 0.179 e. The zero-order chi connectivity index (χ0) is 14.9. The maximum atomic E-state index is 12.4. The highest BCUT2D eigenvalue weighted by Gasteiger charge is 2.34. The topological polar surface area (TPSA) is 61.2 Å². The van der Waals surface area contributed by atoms with Crippen molar-refractivity contribution in [2.45, 2.75) is 36.6 Å². The minimum Gasteiger partial charge on any atom is -0.299 e. The lowest BCUT2D eigenvalue weighted by molar-refractivity contribution is 0.267. The van der Waals surface area contributed by atoms with Crippen molar-refractivity contribution in [3.63, 3.8) is 0 Å². The predicted octanol–water partition coefficient (Wildman–Crippen LogP) is 2.21. The molecule has 0 amide bonds. The molecule has 0 spiro atoms. The molecule has 0 saturated heterocycles. The van der Waals surface area contributed by atoms with Crippen LogP contribution in [0.1, 0.15) is 31.2 Å². The van der Waals surface area contributed by atoms with E-state index in [1.54, 1.807) is 12.1 Å². The van der Waals surface area contributed by atoms with Crippen molar-refractivity contribution in [3.05, 3.63) is 29.8 Å². The van der Waals surface area contributed by atoms with Gasteiger partial charge in [-0.1, -0.05) is 0 Å². The normalized spacial score (nSPS) is 18.7. The first-order valence-corrected chi connectivity index (χ1v) is 9.21. The summed E-state index contributed by atoms with van der Waals surface area (Å²) in [6.45, 7) is 1.69. The van der Waals surface area contributed by atoms with Gasteiger partial charge in [-0.15, -0.1) is 0 Å². The molecule has 2 fully saturated rings. The standard InChI is InChI=1S/C16H20N2O2S/c17-11-13-3-7-16(8-4-13)21(19,20)10-9-18(15-5-6-15)12-14-1-2-14/h3-4,7-8,14-15H,1-2,5-6,9-10,12H2. The van der Waals surface area contributed by atoms with Gasteiger partial charge in [-0.3, -0.25) is 4.90 Å². The molecule has 0 radical (unpaired) electrons. The van der Waals surface area contributed by atoms with Gasteiger partial charge in [0.05, 0.1) is 22.3 Å². The SMILES string of the molecule is N#Cc1ccc(S(=O)(=O)CCN(CC2CC2)C2CC2)cc1. The molecular weight excluding hydrogens is 284 g/mol. The van der Waals surface area contributed by atoms with Crippen LogP contribution >= 0.6 is 0 Å². The molecule has 0 aromatic heterocycles. The summed E-state index contributed by atoms with van der Waals surface area (Å²) in [4.78, 5) is 2.68. The average Bonchev–Trinajstić information content (AvgIpc) is 3.37. The van der Waals surface area contributed by atoms with Crippen LogP contribution in [0, 0.1) is 17.2 Å². The van der Waals surface area contributed by atoms with Gasteiger partial charge in [0.2, 0.25) is 0 Å². The van der Waals surface area contributed by atoms with Crippen LogP contribution in [-0.4, -0.2) is 38.2 Å². The fourth-order valence-electron chi connectivity index (χ4n) is 2.59. The molecular formula is C16H20N2O2S. The second-order valence-corrected chi connectivity index (χ2v) is 8.23. The van der Waals surface area contributed by atoms with Gasteiger partial charge in [0, 0.05) is 19.1 Å². The van der Waals surface area contributed by atoms with E-state index in [1.807, 2.05) is 6.07 Å². The van der Waals surface area contributed by atoms with E-state index in [-0.39, 0.29) is 5.75 Å². The van der Waals surface area contributed by atoms with Crippen LogP contribution in [0.25, 0.3) is 0 Å². The molecule has 1 aromatic rings. The maximum absolute atomic E-state index is 12.4. The van der Waals surface area contributed by atoms with Crippen LogP contribution in [0.4, 0.5) is 0 Å². The Balaban J connectivity index is 1.62. The first kappa shape index (κ1) is 14.6. The lowest BCUT2D eigenvalue weighted by Crippen LogP contribution is -2.33. The first-order valence-electron chi connectivity index (χ1n) is 7.55. The van der Waals surface area contributed by atoms with E-state index in [4.69, 9.17) is 5.26 Å². The summed E-state index contributed by atoms with van der Waals surface area (Å²) in [6, 6.07) is 8.82. The molecule has 0 atom stereocenters. The molecule has 0 N–H and O–H groups in total. The van der Waals surface area contributed by atoms with Crippen LogP contribution in [0.3, 0.4) is 0 Å². The van der Waals surface area contributed by atoms with Crippen LogP contribution < -0.4 is 0 Å². The summed E-state index contributed by atoms with van der Waals surface area (Å²) < 4.78 is 24.7. The Morgan fingerprint density at radius 2 is 1.81 bits per heavy atom. The Morgan fingerprint density at radius 1 is 1.14 bits per heavy atom. The number of nitriles is 1. The largest absolute Gasteiger partial charge is 0.299 e. The van der Waals surface area contributed by atoms with E-state index < -0.39 is 9.84 Å². The Morgan fingerprint density at radius 3 is 2.33 bits per heavy atom. The summed E-state index contributed by atoms with van der Waals surface area (Å²) in [5.74, 6) is 0.963. The zero-order valence-electron chi connectivity index (χ0n) is 12.0. The Hall–Kier alpha value is -1.38. The molecule has 0 aliphatic heterocycles. The molecule has 2 aliphatic rings. The quantitative estimate of drug-likeness (QED) is 0.775. The molecule has 3 rings (SSSR count). The second-order valence-electron chi connectivity index (χ2n) is 6.12. The number of nitrogens with zero attached hydrogens (tertiary/aromatic N) is 2. The Labute approximate surface area is 126 Å². The number of sulfone groups is 1. The van der Waals surface area contributed by atoms with Crippen molar-refractivity contribution < 1.29 is 8.42 Å². The zero-order valence-corrected chi connectivity index (χ0v) is 12.8. The third-order valence-electron chi connectivity index (χ3n) is 4.24. The second kappa shape index (κ2) is 5.78. The third kappa shape index (κ3) is 3.84. The number of hydrogen-bond acceptors (Lipinski definition) is 4. The molecule has 0 bridgehead atoms. The van der Waals surface area contributed by atoms with Crippen LogP contribution in [-0.2, 0) is 9.84 Å². The fourth-order valence-corrected chi connectivity index (χ4v) is 3.85. The maximum Gasteiger partial charge on any atom is 0.179 e. The molecule has 2 aliphatic carbocycles. The van der Waals surface area contributed by atoms with Gasteiger partial charge < -0.3 is 0 Å². The van der Waals surface area contributed by atoms with Crippen molar-refractivity contribution in [2.24, 2.45) is 5.92 Å². The van der Waals surface area contributed by atoms with Crippen LogP contribution in [0.2, 0.25) is 0 Å². The minimum absolute atomic E-state index is 0.169. The van der Waals surface area contributed by atoms with E-state index in [0.29, 0.717) is 23.0 Å². The van der Waals surface area contributed by atoms with E-state index in [1.165, 1.54) is 37.8 Å². The fraction of sp³-hybridized carbons (Fsp3) is 0.562. The van der Waals surface area contributed by atoms with Gasteiger partial charge in [-0.05, 0) is 55.9 Å². The molecule has 5 heteroatoms. The summed E-state index contributed by atoms with van der Waals surface area (Å²) >= 11 is 0. The molecule has 4 nitrogen and oxygen atoms in total. The van der Waals surface area contributed by atoms with E-state index in [0.717, 1.165) is 12.5 Å². The van der Waals surface area contributed by atoms with Gasteiger partial charge in [0.25, 0.3) is 0 Å². The van der Waals surface area contributed by atoms with Gasteiger partial charge in [0.15, 0.2) is 9.84 Å². The molecule has 2 saturated carbocycles. The van der Waals surface area contributed by atoms with Crippen LogP contribution in [0.15, 0.2) is 29.2 Å². The van der Waals surface area contributed by atoms with E-state index in [2.05, 4.69) is 4.90 Å². The highest BCUT2D eigenvalue weighted by atomic mass is 32.2. The molecule has 1 aromatic carbocycles. The molecule has 0 heterocycles. The summed E-state index contributed by atoms with van der Waals surface area (Å²) in [7, 11) is -3.25. The van der Waals surface area contributed by atoms with Crippen molar-refractivity contribution >= 4 is 9.84 Å². The predicted molar refractivity (Wildman–Crippen MR) is 80.5 cm³/mol. The van der Waals surface area contributed by atoms with Gasteiger partial charge >= 0.3 is 0 Å². The van der Waals surface area contributed by atoms with E-state index in [9.17, 15) is 8.42 Å². The number of rotatable bonds is 7. The van der Waals surface area contributed by atoms with Crippen LogP contribution in [0.5, 0.6) is 0 Å². The first-order chi connectivity index (χ1) is 10.1. The minimum atomic E-state index is -3.25. The summed E-state index contributed by atoms with van der Waals surface area (Å²) in [5, 5.41) is 8.76. The highest BCUT2D eigenvalue weighted by molar-refractivity contribution is 7.91.